The van der Waals surface area contributed by atoms with E-state index in [0.29, 0.717) is 71.9 Å². The highest BCUT2D eigenvalue weighted by Crippen LogP contribution is 2.44. The Balaban J connectivity index is 1.56. The van der Waals surface area contributed by atoms with Crippen molar-refractivity contribution in [2.45, 2.75) is 137 Å². The summed E-state index contributed by atoms with van der Waals surface area (Å²) < 4.78 is 30.6. The monoisotopic (exact) mass is 916 g/mol. The molecule has 1 aliphatic carbocycles. The molecule has 0 atom stereocenters. The fraction of sp³-hybridized carbons (Fsp3) is 0.500. The number of pyridine rings is 1. The number of hydrogen-bond donors (Lipinski definition) is 3. The van der Waals surface area contributed by atoms with Gasteiger partial charge in [-0.15, -0.1) is 0 Å². The maximum atomic E-state index is 12.6. The summed E-state index contributed by atoms with van der Waals surface area (Å²) in [5.41, 5.74) is 11.6. The van der Waals surface area contributed by atoms with Crippen molar-refractivity contribution >= 4 is 0 Å². The SMILES string of the molecule is CC(C)(C)c1cc2c(O)c(c1)Cc1cc(C(C)(C)C)cc(c1OCc1ccccn1)Cc1cc(C(C)(C)C)cc(c1O)Cc1cc(C(C)(C)C)cc(c1OCCOCCOCCOCCO)C2. The number of aromatic hydroxyl groups is 2. The molecule has 9 heteroatoms. The van der Waals surface area contributed by atoms with Crippen molar-refractivity contribution in [1.82, 2.24) is 4.98 Å². The first kappa shape index (κ1) is 51.5. The molecule has 0 radical (unpaired) electrons. The van der Waals surface area contributed by atoms with Gasteiger partial charge in [-0.1, -0.05) is 138 Å². The summed E-state index contributed by atoms with van der Waals surface area (Å²) in [6, 6.07) is 23.4. The Labute approximate surface area is 400 Å². The Hall–Kier alpha value is -4.93. The third kappa shape index (κ3) is 13.6. The molecule has 0 fully saturated rings. The highest BCUT2D eigenvalue weighted by Gasteiger charge is 2.28. The van der Waals surface area contributed by atoms with Gasteiger partial charge in [-0.2, -0.15) is 0 Å². The van der Waals surface area contributed by atoms with Gasteiger partial charge in [0.25, 0.3) is 0 Å². The zero-order valence-electron chi connectivity index (χ0n) is 42.5. The van der Waals surface area contributed by atoms with E-state index in [4.69, 9.17) is 28.8 Å². The molecule has 0 spiro atoms. The molecule has 9 nitrogen and oxygen atoms in total. The van der Waals surface area contributed by atoms with Crippen molar-refractivity contribution in [1.29, 1.82) is 0 Å². The molecule has 67 heavy (non-hydrogen) atoms. The first-order valence-corrected chi connectivity index (χ1v) is 24.1. The second-order valence-corrected chi connectivity index (χ2v) is 22.3. The summed E-state index contributed by atoms with van der Waals surface area (Å²) in [7, 11) is 0. The van der Waals surface area contributed by atoms with Gasteiger partial charge >= 0.3 is 0 Å². The highest BCUT2D eigenvalue weighted by molar-refractivity contribution is 5.59. The quantitative estimate of drug-likeness (QED) is 0.0865. The minimum Gasteiger partial charge on any atom is -0.507 e. The fourth-order valence-corrected chi connectivity index (χ4v) is 8.46. The van der Waals surface area contributed by atoms with Crippen LogP contribution in [0.5, 0.6) is 23.0 Å². The minimum absolute atomic E-state index is 0.0133. The number of phenolic OH excluding ortho intramolecular Hbond substituents is 2. The number of aliphatic hydroxyl groups is 1. The molecule has 1 aliphatic rings. The fourth-order valence-electron chi connectivity index (χ4n) is 8.46. The molecule has 5 aromatic rings. The molecule has 4 aromatic carbocycles. The number of ether oxygens (including phenoxy) is 5. The van der Waals surface area contributed by atoms with Crippen LogP contribution in [0.2, 0.25) is 0 Å². The molecule has 8 bridgehead atoms. The number of nitrogens with zero attached hydrogens (tertiary/aromatic N) is 1. The summed E-state index contributed by atoms with van der Waals surface area (Å²) >= 11 is 0. The van der Waals surface area contributed by atoms with Crippen LogP contribution in [0.15, 0.2) is 72.9 Å². The molecule has 0 saturated carbocycles. The lowest BCUT2D eigenvalue weighted by atomic mass is 9.79. The van der Waals surface area contributed by atoms with Crippen molar-refractivity contribution in [3.8, 4) is 23.0 Å². The van der Waals surface area contributed by atoms with E-state index in [2.05, 4.69) is 137 Å². The standard InChI is InChI=1S/C58H77NO8/c1-55(2,3)46-29-38-25-42-33-48(57(7,8)9)34-43(53(42)66-24-23-65-22-21-64-20-19-63-18-17-60)26-39-30-47(56(4,5)6)32-41(52(39)62)28-45-36-49(58(10,11)12)35-44(27-40(31-46)51(38)61)54(45)67-37-50-15-13-14-16-59-50/h13-16,29-36,60-62H,17-28,37H2,1-12H3. The predicted octanol–water partition coefficient (Wildman–Crippen LogP) is 11.4. The van der Waals surface area contributed by atoms with Gasteiger partial charge in [-0.25, -0.2) is 0 Å². The van der Waals surface area contributed by atoms with E-state index < -0.39 is 0 Å². The lowest BCUT2D eigenvalue weighted by molar-refractivity contribution is 0.00354. The van der Waals surface area contributed by atoms with E-state index >= 15 is 0 Å². The van der Waals surface area contributed by atoms with Crippen LogP contribution in [-0.2, 0) is 68.2 Å². The smallest absolute Gasteiger partial charge is 0.130 e. The maximum Gasteiger partial charge on any atom is 0.130 e. The molecule has 1 aromatic heterocycles. The molecule has 0 aliphatic heterocycles. The Morgan fingerprint density at radius 3 is 1.09 bits per heavy atom. The topological polar surface area (TPSA) is 120 Å². The van der Waals surface area contributed by atoms with Gasteiger partial charge in [-0.05, 0) is 101 Å². The van der Waals surface area contributed by atoms with Crippen LogP contribution in [0.4, 0.5) is 0 Å². The second-order valence-electron chi connectivity index (χ2n) is 22.3. The molecule has 362 valence electrons. The van der Waals surface area contributed by atoms with E-state index in [1.54, 1.807) is 6.20 Å². The highest BCUT2D eigenvalue weighted by atomic mass is 16.6. The van der Waals surface area contributed by atoms with Crippen LogP contribution in [-0.4, -0.2) is 73.2 Å². The van der Waals surface area contributed by atoms with Crippen molar-refractivity contribution in [3.05, 3.63) is 145 Å². The average molecular weight is 916 g/mol. The molecule has 3 N–H and O–H groups in total. The van der Waals surface area contributed by atoms with Crippen LogP contribution in [0.1, 0.15) is 156 Å². The van der Waals surface area contributed by atoms with Crippen molar-refractivity contribution in [3.63, 3.8) is 0 Å². The summed E-state index contributed by atoms with van der Waals surface area (Å²) in [4.78, 5) is 4.60. The number of aromatic nitrogens is 1. The first-order chi connectivity index (χ1) is 31.5. The van der Waals surface area contributed by atoms with Crippen molar-refractivity contribution in [2.75, 3.05) is 52.9 Å². The van der Waals surface area contributed by atoms with E-state index in [-0.39, 0.29) is 46.4 Å². The van der Waals surface area contributed by atoms with Crippen molar-refractivity contribution < 1.29 is 39.0 Å². The summed E-state index contributed by atoms with van der Waals surface area (Å²) in [6.45, 7) is 29.4. The van der Waals surface area contributed by atoms with Crippen LogP contribution in [0, 0.1) is 0 Å². The molecule has 0 saturated heterocycles. The number of aliphatic hydroxyl groups excluding tert-OH is 1. The summed E-state index contributed by atoms with van der Waals surface area (Å²) in [5.74, 6) is 1.99. The number of hydrogen-bond acceptors (Lipinski definition) is 9. The Kier molecular flexibility index (Phi) is 16.6. The molecule has 0 unspecified atom stereocenters. The van der Waals surface area contributed by atoms with E-state index in [9.17, 15) is 10.2 Å². The molecule has 1 heterocycles. The second kappa shape index (κ2) is 21.6. The summed E-state index contributed by atoms with van der Waals surface area (Å²) in [6.07, 6.45) is 3.45. The zero-order valence-corrected chi connectivity index (χ0v) is 42.5. The van der Waals surface area contributed by atoms with E-state index in [1.807, 2.05) is 18.2 Å². The Bertz CT molecular complexity index is 2330. The molecular weight excluding hydrogens is 839 g/mol. The number of rotatable bonds is 15. The zero-order chi connectivity index (χ0) is 48.7. The van der Waals surface area contributed by atoms with E-state index in [1.165, 1.54) is 0 Å². The van der Waals surface area contributed by atoms with Crippen molar-refractivity contribution in [2.24, 2.45) is 0 Å². The predicted molar refractivity (Wildman–Crippen MR) is 269 cm³/mol. The molecule has 6 rings (SSSR count). The first-order valence-electron chi connectivity index (χ1n) is 24.1. The molecule has 0 amide bonds. The lowest BCUT2D eigenvalue weighted by Crippen LogP contribution is -2.17. The van der Waals surface area contributed by atoms with Gasteiger partial charge in [-0.3, -0.25) is 4.98 Å². The van der Waals surface area contributed by atoms with Crippen LogP contribution in [0.3, 0.4) is 0 Å². The lowest BCUT2D eigenvalue weighted by Gasteiger charge is -2.28. The van der Waals surface area contributed by atoms with Gasteiger partial charge in [0.1, 0.15) is 36.2 Å². The number of benzene rings is 4. The maximum absolute atomic E-state index is 12.6. The van der Waals surface area contributed by atoms with Gasteiger partial charge < -0.3 is 39.0 Å². The largest absolute Gasteiger partial charge is 0.507 e. The number of phenols is 2. The van der Waals surface area contributed by atoms with Gasteiger partial charge in [0.2, 0.25) is 0 Å². The minimum atomic E-state index is -0.217. The Morgan fingerprint density at radius 1 is 0.433 bits per heavy atom. The van der Waals surface area contributed by atoms with Gasteiger partial charge in [0.15, 0.2) is 0 Å². The number of fused-ring (bicyclic) bond motifs is 8. The third-order valence-corrected chi connectivity index (χ3v) is 12.6. The van der Waals surface area contributed by atoms with Gasteiger partial charge in [0, 0.05) is 31.9 Å². The van der Waals surface area contributed by atoms with Crippen LogP contribution in [0.25, 0.3) is 0 Å². The molecular formula is C58H77NO8. The summed E-state index contributed by atoms with van der Waals surface area (Å²) in [5, 5.41) is 34.2. The van der Waals surface area contributed by atoms with Gasteiger partial charge in [0.05, 0.1) is 51.9 Å². The average Bonchev–Trinajstić information content (AvgIpc) is 3.24. The van der Waals surface area contributed by atoms with E-state index in [0.717, 1.165) is 84.0 Å². The van der Waals surface area contributed by atoms with Crippen LogP contribution >= 0.6 is 0 Å². The normalized spacial score (nSPS) is 13.4. The van der Waals surface area contributed by atoms with Crippen LogP contribution < -0.4 is 9.47 Å². The third-order valence-electron chi connectivity index (χ3n) is 12.6. The Morgan fingerprint density at radius 2 is 0.761 bits per heavy atom.